The zero-order valence-corrected chi connectivity index (χ0v) is 6.34. The SMILES string of the molecule is BrN(Br)Br. The van der Waals surface area contributed by atoms with E-state index < -0.39 is 0 Å². The van der Waals surface area contributed by atoms with Crippen LogP contribution in [0.15, 0.2) is 0 Å². The van der Waals surface area contributed by atoms with E-state index in [1.165, 1.54) is 1.98 Å². The van der Waals surface area contributed by atoms with Crippen LogP contribution in [0.1, 0.15) is 0 Å². The first-order valence-electron chi connectivity index (χ1n) is 0.507. The Hall–Kier alpha value is 1.40. The van der Waals surface area contributed by atoms with Gasteiger partial charge in [-0.25, -0.2) is 0 Å². The molecule has 0 amide bonds. The standard InChI is InChI=1S/Br3N/c1-4(2)3. The molecule has 0 aliphatic carbocycles. The molecule has 26 valence electrons. The van der Waals surface area contributed by atoms with Crippen molar-refractivity contribution in [2.75, 3.05) is 0 Å². The van der Waals surface area contributed by atoms with Crippen LogP contribution in [-0.2, 0) is 0 Å². The van der Waals surface area contributed by atoms with Gasteiger partial charge in [0.2, 0.25) is 0 Å². The predicted octanol–water partition coefficient (Wildman–Crippen LogP) is 2.22. The fourth-order valence-electron chi connectivity index (χ4n) is 0. The topological polar surface area (TPSA) is 3.24 Å². The summed E-state index contributed by atoms with van der Waals surface area (Å²) in [5.74, 6) is 0. The van der Waals surface area contributed by atoms with Crippen molar-refractivity contribution < 1.29 is 0 Å². The Kier molecular flexibility index (Phi) is 3.55. The monoisotopic (exact) mass is 251 g/mol. The van der Waals surface area contributed by atoms with E-state index in [1.807, 2.05) is 0 Å². The van der Waals surface area contributed by atoms with E-state index in [4.69, 9.17) is 0 Å². The highest BCUT2D eigenvalue weighted by Crippen LogP contribution is 2.09. The van der Waals surface area contributed by atoms with Gasteiger partial charge in [-0.3, -0.25) is 0 Å². The Morgan fingerprint density at radius 1 is 1.00 bits per heavy atom. The summed E-state index contributed by atoms with van der Waals surface area (Å²) in [6, 6.07) is 0. The number of nitrogens with zero attached hydrogens (tertiary/aromatic N) is 1. The lowest BCUT2D eigenvalue weighted by Gasteiger charge is -1.77. The molecule has 0 N–H and O–H groups in total. The van der Waals surface area contributed by atoms with Gasteiger partial charge in [0.25, 0.3) is 0 Å². The minimum atomic E-state index is 1.44. The maximum absolute atomic E-state index is 2.94. The summed E-state index contributed by atoms with van der Waals surface area (Å²) >= 11 is 8.81. The van der Waals surface area contributed by atoms with Crippen LogP contribution in [0.4, 0.5) is 0 Å². The van der Waals surface area contributed by atoms with Crippen molar-refractivity contribution >= 4 is 48.4 Å². The molecule has 0 atom stereocenters. The highest BCUT2D eigenvalue weighted by molar-refractivity contribution is 9.33. The minimum absolute atomic E-state index is 1.44. The van der Waals surface area contributed by atoms with Gasteiger partial charge in [-0.05, 0) is 0 Å². The van der Waals surface area contributed by atoms with Crippen molar-refractivity contribution in [3.05, 3.63) is 0 Å². The Labute approximate surface area is 50.4 Å². The summed E-state index contributed by atoms with van der Waals surface area (Å²) in [6.45, 7) is 0. The zero-order chi connectivity index (χ0) is 3.58. The lowest BCUT2D eigenvalue weighted by atomic mass is 14.0. The van der Waals surface area contributed by atoms with E-state index >= 15 is 0 Å². The average Bonchev–Trinajstić information content (AvgIpc) is 0.811. The van der Waals surface area contributed by atoms with Gasteiger partial charge >= 0.3 is 0 Å². The molecule has 0 heterocycles. The van der Waals surface area contributed by atoms with Crippen LogP contribution in [0, 0.1) is 0 Å². The van der Waals surface area contributed by atoms with E-state index in [9.17, 15) is 0 Å². The van der Waals surface area contributed by atoms with Crippen LogP contribution in [0.3, 0.4) is 0 Å². The van der Waals surface area contributed by atoms with Crippen LogP contribution in [-0.4, -0.2) is 1.98 Å². The Morgan fingerprint density at radius 3 is 1.00 bits per heavy atom. The molecule has 0 saturated heterocycles. The molecule has 0 radical (unpaired) electrons. The van der Waals surface area contributed by atoms with Crippen LogP contribution in [0.2, 0.25) is 0 Å². The molecule has 0 aromatic heterocycles. The predicted molar refractivity (Wildman–Crippen MR) is 28.6 cm³/mol. The number of hydrogen-bond acceptors (Lipinski definition) is 1. The second kappa shape index (κ2) is 2.63. The molecule has 0 aliphatic heterocycles. The molecule has 0 rings (SSSR count). The van der Waals surface area contributed by atoms with Gasteiger partial charge in [0.05, 0.1) is 0 Å². The van der Waals surface area contributed by atoms with Crippen molar-refractivity contribution in [1.82, 2.24) is 1.98 Å². The van der Waals surface area contributed by atoms with E-state index in [0.29, 0.717) is 0 Å². The largest absolute Gasteiger partial charge is 0.109 e. The lowest BCUT2D eigenvalue weighted by Crippen LogP contribution is -1.56. The van der Waals surface area contributed by atoms with Crippen LogP contribution >= 0.6 is 48.4 Å². The van der Waals surface area contributed by atoms with Crippen molar-refractivity contribution in [3.63, 3.8) is 0 Å². The molecule has 0 fully saturated rings. The molecular formula is Br3N. The van der Waals surface area contributed by atoms with Crippen LogP contribution in [0.5, 0.6) is 0 Å². The third-order valence-electron chi connectivity index (χ3n) is 0. The smallest absolute Gasteiger partial charge is 0.0364 e. The second-order valence-electron chi connectivity index (χ2n) is 0.192. The van der Waals surface area contributed by atoms with Crippen molar-refractivity contribution in [2.45, 2.75) is 0 Å². The first kappa shape index (κ1) is 5.40. The Morgan fingerprint density at radius 2 is 1.00 bits per heavy atom. The van der Waals surface area contributed by atoms with Crippen LogP contribution < -0.4 is 0 Å². The molecule has 0 aromatic rings. The maximum atomic E-state index is 2.94. The third kappa shape index (κ3) is 9.99. The number of hydrogen-bond donors (Lipinski definition) is 0. The number of rotatable bonds is 0. The first-order chi connectivity index (χ1) is 1.73. The molecule has 0 unspecified atom stereocenters. The van der Waals surface area contributed by atoms with Gasteiger partial charge in [-0.2, -0.15) is 0 Å². The average molecular weight is 254 g/mol. The van der Waals surface area contributed by atoms with E-state index in [-0.39, 0.29) is 0 Å². The normalized spacial score (nSPS) is 9.00. The highest BCUT2D eigenvalue weighted by Gasteiger charge is 1.70. The first-order valence-corrected chi connectivity index (χ1v) is 2.63. The summed E-state index contributed by atoms with van der Waals surface area (Å²) in [5.41, 5.74) is 0. The molecule has 4 heavy (non-hydrogen) atoms. The van der Waals surface area contributed by atoms with Gasteiger partial charge in [0.1, 0.15) is 0 Å². The van der Waals surface area contributed by atoms with Gasteiger partial charge in [-0.1, -0.05) is 0 Å². The van der Waals surface area contributed by atoms with Gasteiger partial charge < -0.3 is 0 Å². The van der Waals surface area contributed by atoms with Crippen molar-refractivity contribution in [3.8, 4) is 0 Å². The fourth-order valence-corrected chi connectivity index (χ4v) is 0. The third-order valence-corrected chi connectivity index (χ3v) is 0. The maximum Gasteiger partial charge on any atom is 0.0364 e. The Balaban J connectivity index is 2.32. The lowest BCUT2D eigenvalue weighted by molar-refractivity contribution is 1.44. The molecule has 0 bridgehead atoms. The highest BCUT2D eigenvalue weighted by atomic mass is 80.0. The molecule has 0 saturated carbocycles. The van der Waals surface area contributed by atoms with E-state index in [0.717, 1.165) is 0 Å². The molecule has 1 nitrogen and oxygen atoms in total. The summed E-state index contributed by atoms with van der Waals surface area (Å²) < 4.78 is 1.44. The van der Waals surface area contributed by atoms with E-state index in [2.05, 4.69) is 48.4 Å². The fraction of sp³-hybridized carbons (Fsp3) is 0. The molecule has 0 aromatic carbocycles. The molecular weight excluding hydrogens is 254 g/mol. The summed E-state index contributed by atoms with van der Waals surface area (Å²) in [7, 11) is 0. The van der Waals surface area contributed by atoms with Gasteiger partial charge in [-0.15, -0.1) is 1.98 Å². The van der Waals surface area contributed by atoms with Gasteiger partial charge in [0.15, 0.2) is 0 Å². The molecule has 4 heteroatoms. The molecule has 0 aliphatic rings. The zero-order valence-electron chi connectivity index (χ0n) is 1.58. The van der Waals surface area contributed by atoms with Crippen LogP contribution in [0.25, 0.3) is 0 Å². The summed E-state index contributed by atoms with van der Waals surface area (Å²) in [6.07, 6.45) is 0. The second-order valence-corrected chi connectivity index (χ2v) is 5.17. The van der Waals surface area contributed by atoms with Crippen molar-refractivity contribution in [2.24, 2.45) is 0 Å². The summed E-state index contributed by atoms with van der Waals surface area (Å²) in [4.78, 5) is 0. The van der Waals surface area contributed by atoms with Crippen molar-refractivity contribution in [1.29, 1.82) is 0 Å². The summed E-state index contributed by atoms with van der Waals surface area (Å²) in [5, 5.41) is 0. The van der Waals surface area contributed by atoms with Gasteiger partial charge in [0, 0.05) is 48.4 Å². The minimum Gasteiger partial charge on any atom is -0.109 e. The molecule has 0 spiro atoms. The quantitative estimate of drug-likeness (QED) is 0.599. The van der Waals surface area contributed by atoms with E-state index in [1.54, 1.807) is 0 Å². The Bertz CT molecular complexity index is 8.00. The number of halogens is 3.